The maximum absolute atomic E-state index is 3.61. The fourth-order valence-electron chi connectivity index (χ4n) is 0.748. The molecule has 0 N–H and O–H groups in total. The summed E-state index contributed by atoms with van der Waals surface area (Å²) in [5.41, 5.74) is 0. The molecule has 0 aromatic rings. The van der Waals surface area contributed by atoms with Crippen LogP contribution in [-0.4, -0.2) is 10.2 Å². The Labute approximate surface area is 74.7 Å². The van der Waals surface area contributed by atoms with Gasteiger partial charge in [0.15, 0.2) is 0 Å². The van der Waals surface area contributed by atoms with Gasteiger partial charge in [0, 0.05) is 10.2 Å². The van der Waals surface area contributed by atoms with E-state index in [1.165, 1.54) is 12.8 Å². The zero-order chi connectivity index (χ0) is 7.28. The Morgan fingerprint density at radius 3 is 2.22 bits per heavy atom. The van der Waals surface area contributed by atoms with Crippen LogP contribution in [0.5, 0.6) is 0 Å². The van der Waals surface area contributed by atoms with Gasteiger partial charge in [0.25, 0.3) is 0 Å². The lowest BCUT2D eigenvalue weighted by Crippen LogP contribution is -2.02. The number of hydrogen-bond donors (Lipinski definition) is 0. The van der Waals surface area contributed by atoms with Crippen LogP contribution in [0.3, 0.4) is 0 Å². The Hall–Kier alpha value is 0.960. The summed E-state index contributed by atoms with van der Waals surface area (Å²) < 4.78 is 0. The van der Waals surface area contributed by atoms with Crippen molar-refractivity contribution in [3.05, 3.63) is 0 Å². The van der Waals surface area contributed by atoms with Gasteiger partial charge in [-0.1, -0.05) is 45.7 Å². The van der Waals surface area contributed by atoms with Crippen molar-refractivity contribution in [1.82, 2.24) is 0 Å². The van der Waals surface area contributed by atoms with E-state index in [0.29, 0.717) is 4.83 Å². The summed E-state index contributed by atoms with van der Waals surface area (Å²) in [5, 5.41) is 1.11. The van der Waals surface area contributed by atoms with Crippen molar-refractivity contribution in [3.63, 3.8) is 0 Å². The second-order valence-corrected chi connectivity index (χ2v) is 4.79. The summed E-state index contributed by atoms with van der Waals surface area (Å²) in [6, 6.07) is 0. The van der Waals surface area contributed by atoms with Crippen LogP contribution in [0.4, 0.5) is 0 Å². The van der Waals surface area contributed by atoms with Gasteiger partial charge in [0.05, 0.1) is 0 Å². The molecule has 2 heteroatoms. The van der Waals surface area contributed by atoms with Crippen LogP contribution in [0.25, 0.3) is 0 Å². The van der Waals surface area contributed by atoms with Crippen molar-refractivity contribution in [2.45, 2.75) is 31.5 Å². The van der Waals surface area contributed by atoms with E-state index in [-0.39, 0.29) is 0 Å². The molecule has 0 aromatic heterocycles. The molecule has 0 saturated heterocycles. The molecule has 1 atom stereocenters. The van der Waals surface area contributed by atoms with Crippen LogP contribution >= 0.6 is 31.9 Å². The molecule has 0 fully saturated rings. The Morgan fingerprint density at radius 1 is 1.33 bits per heavy atom. The molecule has 0 nitrogen and oxygen atoms in total. The highest BCUT2D eigenvalue weighted by molar-refractivity contribution is 9.10. The van der Waals surface area contributed by atoms with Gasteiger partial charge in [-0.2, -0.15) is 0 Å². The van der Waals surface area contributed by atoms with Crippen LogP contribution < -0.4 is 0 Å². The standard InChI is InChI=1S/C7H14Br2/c1-6(2)5-7(9)3-4-8/h6-7H,3-5H2,1-2H3. The Bertz CT molecular complexity index is 61.9. The fraction of sp³-hybridized carbons (Fsp3) is 1.00. The fourth-order valence-corrected chi connectivity index (χ4v) is 2.89. The van der Waals surface area contributed by atoms with Gasteiger partial charge in [-0.15, -0.1) is 0 Å². The van der Waals surface area contributed by atoms with Gasteiger partial charge < -0.3 is 0 Å². The minimum Gasteiger partial charge on any atom is -0.0928 e. The van der Waals surface area contributed by atoms with Gasteiger partial charge in [-0.25, -0.2) is 0 Å². The van der Waals surface area contributed by atoms with Gasteiger partial charge in [0.2, 0.25) is 0 Å². The molecule has 0 radical (unpaired) electrons. The number of rotatable bonds is 4. The summed E-state index contributed by atoms with van der Waals surface area (Å²) in [7, 11) is 0. The second kappa shape index (κ2) is 5.72. The number of hydrogen-bond acceptors (Lipinski definition) is 0. The summed E-state index contributed by atoms with van der Waals surface area (Å²) in [6.45, 7) is 4.50. The highest BCUT2D eigenvalue weighted by Crippen LogP contribution is 2.16. The van der Waals surface area contributed by atoms with E-state index in [1.54, 1.807) is 0 Å². The van der Waals surface area contributed by atoms with Gasteiger partial charge in [-0.3, -0.25) is 0 Å². The molecule has 0 saturated carbocycles. The summed E-state index contributed by atoms with van der Waals surface area (Å²) in [4.78, 5) is 0.705. The SMILES string of the molecule is CC(C)CC(Br)CCBr. The first-order valence-electron chi connectivity index (χ1n) is 3.36. The topological polar surface area (TPSA) is 0 Å². The highest BCUT2D eigenvalue weighted by Gasteiger charge is 2.04. The maximum Gasteiger partial charge on any atom is 0.0156 e. The molecule has 0 heterocycles. The molecular weight excluding hydrogens is 244 g/mol. The molecule has 0 spiro atoms. The quantitative estimate of drug-likeness (QED) is 0.676. The third-order valence-corrected chi connectivity index (χ3v) is 2.44. The molecule has 0 bridgehead atoms. The van der Waals surface area contributed by atoms with Crippen molar-refractivity contribution >= 4 is 31.9 Å². The Balaban J connectivity index is 3.15. The van der Waals surface area contributed by atoms with Crippen LogP contribution in [-0.2, 0) is 0 Å². The summed E-state index contributed by atoms with van der Waals surface area (Å²) in [5.74, 6) is 0.813. The Morgan fingerprint density at radius 2 is 1.89 bits per heavy atom. The monoisotopic (exact) mass is 256 g/mol. The average Bonchev–Trinajstić information content (AvgIpc) is 1.63. The van der Waals surface area contributed by atoms with E-state index in [0.717, 1.165) is 11.2 Å². The van der Waals surface area contributed by atoms with E-state index in [4.69, 9.17) is 0 Å². The lowest BCUT2D eigenvalue weighted by Gasteiger charge is -2.09. The van der Waals surface area contributed by atoms with Gasteiger partial charge in [-0.05, 0) is 18.8 Å². The average molecular weight is 258 g/mol. The lowest BCUT2D eigenvalue weighted by atomic mass is 10.1. The number of halogens is 2. The summed E-state index contributed by atoms with van der Waals surface area (Å²) in [6.07, 6.45) is 2.52. The maximum atomic E-state index is 3.61. The predicted molar refractivity (Wildman–Crippen MR) is 50.6 cm³/mol. The lowest BCUT2D eigenvalue weighted by molar-refractivity contribution is 0.568. The molecule has 0 aliphatic heterocycles. The van der Waals surface area contributed by atoms with Crippen LogP contribution in [0.2, 0.25) is 0 Å². The van der Waals surface area contributed by atoms with Crippen molar-refractivity contribution in [2.24, 2.45) is 5.92 Å². The van der Waals surface area contributed by atoms with Crippen LogP contribution in [0.1, 0.15) is 26.7 Å². The molecule has 56 valence electrons. The third-order valence-electron chi connectivity index (χ3n) is 1.15. The zero-order valence-electron chi connectivity index (χ0n) is 6.03. The van der Waals surface area contributed by atoms with Crippen molar-refractivity contribution < 1.29 is 0 Å². The smallest absolute Gasteiger partial charge is 0.0156 e. The molecule has 0 aromatic carbocycles. The molecule has 0 amide bonds. The second-order valence-electron chi connectivity index (χ2n) is 2.70. The Kier molecular flexibility index (Phi) is 6.33. The molecule has 0 rings (SSSR count). The van der Waals surface area contributed by atoms with Crippen molar-refractivity contribution in [3.8, 4) is 0 Å². The first-order chi connectivity index (χ1) is 4.16. The zero-order valence-corrected chi connectivity index (χ0v) is 9.20. The van der Waals surface area contributed by atoms with E-state index < -0.39 is 0 Å². The molecule has 0 aliphatic carbocycles. The van der Waals surface area contributed by atoms with E-state index in [9.17, 15) is 0 Å². The predicted octanol–water partition coefficient (Wildman–Crippen LogP) is 3.58. The van der Waals surface area contributed by atoms with Crippen molar-refractivity contribution in [2.75, 3.05) is 5.33 Å². The normalized spacial score (nSPS) is 14.3. The first-order valence-corrected chi connectivity index (χ1v) is 5.40. The third kappa shape index (κ3) is 6.85. The first kappa shape index (κ1) is 9.96. The summed E-state index contributed by atoms with van der Waals surface area (Å²) >= 11 is 7.02. The molecule has 1 unspecified atom stereocenters. The molecule has 0 aliphatic rings. The minimum atomic E-state index is 0.705. The largest absolute Gasteiger partial charge is 0.0928 e. The van der Waals surface area contributed by atoms with E-state index >= 15 is 0 Å². The van der Waals surface area contributed by atoms with Crippen molar-refractivity contribution in [1.29, 1.82) is 0 Å². The molecule has 9 heavy (non-hydrogen) atoms. The van der Waals surface area contributed by atoms with Crippen LogP contribution in [0, 0.1) is 5.92 Å². The van der Waals surface area contributed by atoms with Gasteiger partial charge in [0.1, 0.15) is 0 Å². The van der Waals surface area contributed by atoms with E-state index in [2.05, 4.69) is 45.7 Å². The number of alkyl halides is 2. The molecular formula is C7H14Br2. The highest BCUT2D eigenvalue weighted by atomic mass is 79.9. The van der Waals surface area contributed by atoms with Crippen LogP contribution in [0.15, 0.2) is 0 Å². The van der Waals surface area contributed by atoms with Gasteiger partial charge >= 0.3 is 0 Å². The minimum absolute atomic E-state index is 0.705. The van der Waals surface area contributed by atoms with E-state index in [1.807, 2.05) is 0 Å².